The third-order valence-electron chi connectivity index (χ3n) is 5.13. The van der Waals surface area contributed by atoms with Crippen LogP contribution in [0.25, 0.3) is 22.3 Å². The van der Waals surface area contributed by atoms with Crippen LogP contribution in [0.3, 0.4) is 0 Å². The first-order valence-electron chi connectivity index (χ1n) is 10.1. The largest absolute Gasteiger partial charge is 0.295 e. The van der Waals surface area contributed by atoms with Gasteiger partial charge in [0.25, 0.3) is 0 Å². The van der Waals surface area contributed by atoms with E-state index in [1.54, 1.807) is 0 Å². The number of carbonyl (C=O) groups excluding carboxylic acids is 1. The van der Waals surface area contributed by atoms with Gasteiger partial charge in [-0.05, 0) is 52.3 Å². The lowest BCUT2D eigenvalue weighted by Gasteiger charge is -2.07. The maximum absolute atomic E-state index is 11.5. The van der Waals surface area contributed by atoms with Gasteiger partial charge in [-0.2, -0.15) is 0 Å². The lowest BCUT2D eigenvalue weighted by molar-refractivity contribution is -0.114. The highest BCUT2D eigenvalue weighted by Gasteiger charge is 2.03. The first kappa shape index (κ1) is 19.8. The molecule has 3 rings (SSSR count). The first-order chi connectivity index (χ1) is 13.7. The van der Waals surface area contributed by atoms with Crippen molar-refractivity contribution in [3.63, 3.8) is 0 Å². The molecule has 0 N–H and O–H groups in total. The quantitative estimate of drug-likeness (QED) is 0.292. The summed E-state index contributed by atoms with van der Waals surface area (Å²) < 4.78 is 0. The molecule has 0 fully saturated rings. The predicted octanol–water partition coefficient (Wildman–Crippen LogP) is 7.05. The highest BCUT2D eigenvalue weighted by Crippen LogP contribution is 2.26. The predicted molar refractivity (Wildman–Crippen MR) is 119 cm³/mol. The Hall–Kier alpha value is -2.93. The highest BCUT2D eigenvalue weighted by molar-refractivity contribution is 5.90. The normalized spacial score (nSPS) is 10.6. The Morgan fingerprint density at radius 3 is 1.57 bits per heavy atom. The Labute approximate surface area is 168 Å². The number of rotatable bonds is 9. The summed E-state index contributed by atoms with van der Waals surface area (Å²) in [5.41, 5.74) is 7.27. The number of benzene rings is 3. The standard InChI is InChI=1S/C27H28O/c1-3-5-6-7-21-8-12-23(13-9-21)25-16-18-26(19-17-25)24-14-10-22(11-15-24)20-27(28)4-2/h4,8-19H,2-3,5-7,20H2,1H3. The number of hydrogen-bond acceptors (Lipinski definition) is 1. The first-order valence-corrected chi connectivity index (χ1v) is 10.1. The van der Waals surface area contributed by atoms with Crippen molar-refractivity contribution in [2.24, 2.45) is 0 Å². The van der Waals surface area contributed by atoms with Gasteiger partial charge in [-0.1, -0.05) is 99.1 Å². The molecule has 3 aromatic rings. The molecule has 0 unspecified atom stereocenters. The van der Waals surface area contributed by atoms with Crippen molar-refractivity contribution in [2.45, 2.75) is 39.0 Å². The minimum absolute atomic E-state index is 0.0495. The summed E-state index contributed by atoms with van der Waals surface area (Å²) in [4.78, 5) is 11.5. The molecule has 142 valence electrons. The summed E-state index contributed by atoms with van der Waals surface area (Å²) in [6.45, 7) is 5.77. The van der Waals surface area contributed by atoms with E-state index in [0.717, 1.165) is 11.1 Å². The molecule has 0 saturated carbocycles. The van der Waals surface area contributed by atoms with E-state index in [-0.39, 0.29) is 5.78 Å². The number of carbonyl (C=O) groups is 1. The van der Waals surface area contributed by atoms with Gasteiger partial charge in [0, 0.05) is 6.42 Å². The van der Waals surface area contributed by atoms with Gasteiger partial charge in [0.05, 0.1) is 0 Å². The molecular formula is C27H28O. The van der Waals surface area contributed by atoms with Crippen molar-refractivity contribution in [1.82, 2.24) is 0 Å². The molecule has 0 atom stereocenters. The van der Waals surface area contributed by atoms with E-state index in [9.17, 15) is 4.79 Å². The Morgan fingerprint density at radius 2 is 1.14 bits per heavy atom. The van der Waals surface area contributed by atoms with E-state index >= 15 is 0 Å². The smallest absolute Gasteiger partial charge is 0.159 e. The molecule has 1 heteroatoms. The van der Waals surface area contributed by atoms with Crippen LogP contribution >= 0.6 is 0 Å². The van der Waals surface area contributed by atoms with E-state index < -0.39 is 0 Å². The third kappa shape index (κ3) is 5.29. The van der Waals surface area contributed by atoms with Crippen LogP contribution in [0.5, 0.6) is 0 Å². The van der Waals surface area contributed by atoms with Gasteiger partial charge < -0.3 is 0 Å². The van der Waals surface area contributed by atoms with Gasteiger partial charge in [-0.15, -0.1) is 0 Å². The van der Waals surface area contributed by atoms with Crippen LogP contribution < -0.4 is 0 Å². The second kappa shape index (κ2) is 9.85. The van der Waals surface area contributed by atoms with Crippen molar-refractivity contribution in [2.75, 3.05) is 0 Å². The summed E-state index contributed by atoms with van der Waals surface area (Å²) in [6.07, 6.45) is 6.79. The average molecular weight is 369 g/mol. The lowest BCUT2D eigenvalue weighted by atomic mass is 9.97. The SMILES string of the molecule is C=CC(=O)Cc1ccc(-c2ccc(-c3ccc(CCCCC)cc3)cc2)cc1. The summed E-state index contributed by atoms with van der Waals surface area (Å²) in [5.74, 6) is 0.0495. The van der Waals surface area contributed by atoms with E-state index in [0.29, 0.717) is 6.42 Å². The summed E-state index contributed by atoms with van der Waals surface area (Å²) in [5, 5.41) is 0. The van der Waals surface area contributed by atoms with E-state index in [1.165, 1.54) is 54.0 Å². The maximum Gasteiger partial charge on any atom is 0.159 e. The number of aryl methyl sites for hydroxylation is 1. The second-order valence-electron chi connectivity index (χ2n) is 7.28. The Balaban J connectivity index is 1.67. The van der Waals surface area contributed by atoms with Crippen molar-refractivity contribution in [3.05, 3.63) is 96.6 Å². The molecule has 0 amide bonds. The van der Waals surface area contributed by atoms with Gasteiger partial charge in [-0.3, -0.25) is 4.79 Å². The zero-order valence-corrected chi connectivity index (χ0v) is 16.7. The van der Waals surface area contributed by atoms with Crippen LogP contribution in [0, 0.1) is 0 Å². The molecule has 0 aliphatic carbocycles. The molecule has 28 heavy (non-hydrogen) atoms. The topological polar surface area (TPSA) is 17.1 Å². The fraction of sp³-hybridized carbons (Fsp3) is 0.222. The van der Waals surface area contributed by atoms with Gasteiger partial charge in [0.1, 0.15) is 0 Å². The van der Waals surface area contributed by atoms with Gasteiger partial charge in [-0.25, -0.2) is 0 Å². The molecule has 0 aliphatic heterocycles. The van der Waals surface area contributed by atoms with Gasteiger partial charge in [0.2, 0.25) is 0 Å². The monoisotopic (exact) mass is 368 g/mol. The van der Waals surface area contributed by atoms with E-state index in [1.807, 2.05) is 12.1 Å². The van der Waals surface area contributed by atoms with Crippen LogP contribution in [0.4, 0.5) is 0 Å². The number of allylic oxidation sites excluding steroid dienone is 1. The van der Waals surface area contributed by atoms with Crippen LogP contribution in [-0.4, -0.2) is 5.78 Å². The molecule has 0 heterocycles. The molecule has 0 radical (unpaired) electrons. The van der Waals surface area contributed by atoms with Gasteiger partial charge in [0.15, 0.2) is 5.78 Å². The fourth-order valence-electron chi connectivity index (χ4n) is 3.39. The second-order valence-corrected chi connectivity index (χ2v) is 7.28. The van der Waals surface area contributed by atoms with Crippen LogP contribution in [0.2, 0.25) is 0 Å². The molecule has 0 saturated heterocycles. The van der Waals surface area contributed by atoms with Crippen molar-refractivity contribution in [3.8, 4) is 22.3 Å². The van der Waals surface area contributed by atoms with Gasteiger partial charge >= 0.3 is 0 Å². The van der Waals surface area contributed by atoms with Crippen molar-refractivity contribution < 1.29 is 4.79 Å². The molecule has 1 nitrogen and oxygen atoms in total. The minimum atomic E-state index is 0.0495. The molecule has 0 bridgehead atoms. The molecule has 0 spiro atoms. The molecule has 0 aromatic heterocycles. The van der Waals surface area contributed by atoms with Crippen LogP contribution in [0.1, 0.15) is 37.3 Å². The van der Waals surface area contributed by atoms with Crippen LogP contribution in [-0.2, 0) is 17.6 Å². The summed E-state index contributed by atoms with van der Waals surface area (Å²) in [7, 11) is 0. The summed E-state index contributed by atoms with van der Waals surface area (Å²) in [6, 6.07) is 25.8. The number of ketones is 1. The average Bonchev–Trinajstić information content (AvgIpc) is 2.75. The lowest BCUT2D eigenvalue weighted by Crippen LogP contribution is -1.97. The van der Waals surface area contributed by atoms with Crippen molar-refractivity contribution >= 4 is 5.78 Å². The Kier molecular flexibility index (Phi) is 6.97. The van der Waals surface area contributed by atoms with Crippen molar-refractivity contribution in [1.29, 1.82) is 0 Å². The van der Waals surface area contributed by atoms with E-state index in [4.69, 9.17) is 0 Å². The molecule has 0 aliphatic rings. The number of hydrogen-bond donors (Lipinski definition) is 0. The third-order valence-corrected chi connectivity index (χ3v) is 5.13. The number of unbranched alkanes of at least 4 members (excludes halogenated alkanes) is 2. The highest BCUT2D eigenvalue weighted by atomic mass is 16.1. The van der Waals surface area contributed by atoms with E-state index in [2.05, 4.69) is 74.2 Å². The molecular weight excluding hydrogens is 340 g/mol. The van der Waals surface area contributed by atoms with Crippen LogP contribution in [0.15, 0.2) is 85.5 Å². The Bertz CT molecular complexity index is 900. The molecule has 3 aromatic carbocycles. The minimum Gasteiger partial charge on any atom is -0.295 e. The Morgan fingerprint density at radius 1 is 0.714 bits per heavy atom. The maximum atomic E-state index is 11.5. The summed E-state index contributed by atoms with van der Waals surface area (Å²) >= 11 is 0. The zero-order chi connectivity index (χ0) is 19.8. The zero-order valence-electron chi connectivity index (χ0n) is 16.7. The fourth-order valence-corrected chi connectivity index (χ4v) is 3.39.